The molecule has 11 atom stereocenters. The first-order chi connectivity index (χ1) is 56.4. The number of pyridine rings is 1. The number of ether oxygens (including phenoxy) is 4. The van der Waals surface area contributed by atoms with Crippen LogP contribution in [0.1, 0.15) is 148 Å². The van der Waals surface area contributed by atoms with Crippen LogP contribution in [0.4, 0.5) is 21.4 Å². The number of carbonyl (C=O) groups excluding carboxylic acids is 8. The van der Waals surface area contributed by atoms with Gasteiger partial charge in [0.05, 0.1) is 72.3 Å². The zero-order chi connectivity index (χ0) is 85.4. The number of aliphatic carboxylic acids is 1. The lowest BCUT2D eigenvalue weighted by Gasteiger charge is -2.69. The Labute approximate surface area is 690 Å². The molecule has 4 aliphatic carbocycles. The molecule has 8 aliphatic rings. The molecule has 7 amide bonds. The summed E-state index contributed by atoms with van der Waals surface area (Å²) < 4.78 is 59.1. The molecule has 2 unspecified atom stereocenters. The van der Waals surface area contributed by atoms with E-state index in [1.807, 2.05) is 59.0 Å². The number of aryl methyl sites for hydroxylation is 1. The molecule has 34 nitrogen and oxygen atoms in total. The molecule has 2 saturated heterocycles. The number of carbonyl (C=O) groups is 10. The Kier molecular flexibility index (Phi) is 25.8. The largest absolute Gasteiger partial charge is 0.479 e. The van der Waals surface area contributed by atoms with Gasteiger partial charge in [-0.3, -0.25) is 57.9 Å². The number of amides is 7. The number of imide groups is 1. The van der Waals surface area contributed by atoms with E-state index in [-0.39, 0.29) is 112 Å². The Morgan fingerprint density at radius 3 is 2.27 bits per heavy atom. The van der Waals surface area contributed by atoms with Gasteiger partial charge >= 0.3 is 18.0 Å². The standard InChI is InChI=1S/C83H102N12O22S2/c1-46(2)68(89-65(98)36-93-34-53(95-66(99)20-21-67(95)100)32-54(93)38-114-28-29-119(111,112)113)60(96)30-47(3)74(104)86-52-16-14-51(50(31-52)15-18-61-70(101)71(102)72(103)73(117-61)77(108)109)37-115-79(110)91(25-23-63(84)97)26-27-116-83-42-80(5)39-81(6,43-83)41-82(40-80,44-83)45-94-48(4)57(33-85-94)55-17-19-64(88-69(55)76(106)107)92-24-22-49-10-9-11-56(58(49)35-92)75(105)90-78-87-59-12-7-8-13-62(59)118-78/h7-14,16-17,19-21,31,33,46-47,53-54,61,68,70-73,101-103H,15,18,22-30,32,34-45H2,1-6H3,(H2,84,97)(H,86,104)(H,89,98)(H,106,107)(H,108,109)(H,87,90,105)(H,111,112,113)/t47-,53+,54+,61+,68+,70+,71-,72+,73+,80?,81?,82?,83?/m1/s1. The minimum atomic E-state index is -4.35. The molecular weight excluding hydrogens is 1580 g/mol. The molecule has 14 rings (SSSR count). The third-order valence-electron chi connectivity index (χ3n) is 24.2. The summed E-state index contributed by atoms with van der Waals surface area (Å²) in [6.07, 6.45) is -0.896. The number of primary amides is 1. The first-order valence-corrected chi connectivity index (χ1v) is 42.4. The average molecular weight is 1680 g/mol. The van der Waals surface area contributed by atoms with Gasteiger partial charge in [0, 0.05) is 104 Å². The molecule has 6 aromatic rings. The highest BCUT2D eigenvalue weighted by Crippen LogP contribution is 2.72. The maximum absolute atomic E-state index is 14.5. The normalized spacial score (nSPS) is 25.8. The van der Waals surface area contributed by atoms with Gasteiger partial charge in [0.15, 0.2) is 22.7 Å². The number of aromatic carboxylic acids is 1. The number of hydrogen-bond acceptors (Lipinski definition) is 25. The van der Waals surface area contributed by atoms with Gasteiger partial charge in [-0.1, -0.05) is 76.3 Å². The lowest BCUT2D eigenvalue weighted by atomic mass is 9.39. The van der Waals surface area contributed by atoms with Crippen molar-refractivity contribution in [3.8, 4) is 11.1 Å². The Bertz CT molecular complexity index is 5020. The summed E-state index contributed by atoms with van der Waals surface area (Å²) in [6.45, 7) is 11.5. The van der Waals surface area contributed by atoms with Crippen molar-refractivity contribution < 1.29 is 105 Å². The first-order valence-electron chi connectivity index (χ1n) is 40.0. The molecule has 0 spiro atoms. The van der Waals surface area contributed by atoms with Crippen molar-refractivity contribution in [2.24, 2.45) is 33.8 Å². The van der Waals surface area contributed by atoms with Gasteiger partial charge in [-0.05, 0) is 158 Å². The number of hydrogen-bond donors (Lipinski definition) is 10. The summed E-state index contributed by atoms with van der Waals surface area (Å²) in [7, 11) is -4.35. The number of likely N-dealkylation sites (tertiary alicyclic amines) is 1. The lowest BCUT2D eigenvalue weighted by molar-refractivity contribution is -0.248. The number of nitrogens with two attached hydrogens (primary N) is 1. The van der Waals surface area contributed by atoms with Crippen LogP contribution in [0.5, 0.6) is 0 Å². The quantitative estimate of drug-likeness (QED) is 0.0127. The van der Waals surface area contributed by atoms with E-state index >= 15 is 0 Å². The molecule has 4 saturated carbocycles. The number of aliphatic hydroxyl groups excluding tert-OH is 3. The third kappa shape index (κ3) is 19.9. The fourth-order valence-corrected chi connectivity index (χ4v) is 21.0. The second-order valence-corrected chi connectivity index (χ2v) is 36.8. The molecule has 11 N–H and O–H groups in total. The second kappa shape index (κ2) is 35.3. The molecule has 3 aromatic heterocycles. The number of anilines is 3. The maximum atomic E-state index is 14.5. The fourth-order valence-electron chi connectivity index (χ4n) is 19.8. The average Bonchev–Trinajstić information content (AvgIpc) is 1.15. The number of nitrogens with zero attached hydrogens (tertiary/aromatic N) is 8. The Morgan fingerprint density at radius 2 is 1.57 bits per heavy atom. The van der Waals surface area contributed by atoms with Crippen molar-refractivity contribution in [2.45, 2.75) is 193 Å². The van der Waals surface area contributed by atoms with Crippen molar-refractivity contribution in [1.82, 2.24) is 39.8 Å². The predicted molar refractivity (Wildman–Crippen MR) is 432 cm³/mol. The lowest BCUT2D eigenvalue weighted by Crippen LogP contribution is -2.64. The number of fused-ring (bicyclic) bond motifs is 2. The fraction of sp³-hybridized carbons (Fsp3) is 0.530. The number of para-hydroxylation sites is 1. The summed E-state index contributed by atoms with van der Waals surface area (Å²) >= 11 is 1.39. The van der Waals surface area contributed by atoms with Crippen molar-refractivity contribution in [3.63, 3.8) is 0 Å². The van der Waals surface area contributed by atoms with Crippen molar-refractivity contribution in [1.29, 1.82) is 0 Å². The topological polar surface area (TPSA) is 482 Å². The molecule has 638 valence electrons. The van der Waals surface area contributed by atoms with Crippen molar-refractivity contribution in [2.75, 3.05) is 73.8 Å². The first kappa shape index (κ1) is 86.8. The number of thiazole rings is 1. The van der Waals surface area contributed by atoms with Gasteiger partial charge in [0.2, 0.25) is 17.7 Å². The van der Waals surface area contributed by atoms with E-state index in [4.69, 9.17) is 34.8 Å². The smallest absolute Gasteiger partial charge is 0.410 e. The van der Waals surface area contributed by atoms with Gasteiger partial charge < -0.3 is 70.6 Å². The highest BCUT2D eigenvalue weighted by molar-refractivity contribution is 7.85. The molecule has 4 bridgehead atoms. The minimum absolute atomic E-state index is 0.0191. The van der Waals surface area contributed by atoms with Crippen LogP contribution in [0.25, 0.3) is 21.3 Å². The van der Waals surface area contributed by atoms with E-state index in [1.165, 1.54) is 29.2 Å². The summed E-state index contributed by atoms with van der Waals surface area (Å²) in [5.74, 6) is -8.31. The van der Waals surface area contributed by atoms with Gasteiger partial charge in [-0.25, -0.2) is 24.4 Å². The number of aliphatic hydroxyl groups is 3. The van der Waals surface area contributed by atoms with E-state index in [2.05, 4.69) is 34.8 Å². The van der Waals surface area contributed by atoms with Crippen LogP contribution in [0.3, 0.4) is 0 Å². The predicted octanol–water partition coefficient (Wildman–Crippen LogP) is 5.84. The maximum Gasteiger partial charge on any atom is 0.410 e. The zero-order valence-corrected chi connectivity index (χ0v) is 68.7. The molecule has 6 fully saturated rings. The highest BCUT2D eigenvalue weighted by Gasteiger charge is 2.66. The van der Waals surface area contributed by atoms with Crippen LogP contribution < -0.4 is 26.6 Å². The number of benzene rings is 3. The van der Waals surface area contributed by atoms with Gasteiger partial charge in [-0.2, -0.15) is 13.5 Å². The van der Waals surface area contributed by atoms with Crippen molar-refractivity contribution in [3.05, 3.63) is 130 Å². The highest BCUT2D eigenvalue weighted by atomic mass is 32.2. The monoisotopic (exact) mass is 1680 g/mol. The number of aromatic nitrogens is 4. The van der Waals surface area contributed by atoms with Crippen LogP contribution in [0.15, 0.2) is 91.1 Å². The summed E-state index contributed by atoms with van der Waals surface area (Å²) in [5, 5.41) is 67.0. The Hall–Kier alpha value is -10.0. The summed E-state index contributed by atoms with van der Waals surface area (Å²) in [6, 6.07) is 19.1. The molecule has 36 heteroatoms. The van der Waals surface area contributed by atoms with Crippen LogP contribution in [0.2, 0.25) is 0 Å². The van der Waals surface area contributed by atoms with E-state index in [0.717, 1.165) is 76.2 Å². The molecule has 4 aliphatic heterocycles. The van der Waals surface area contributed by atoms with Crippen LogP contribution in [0, 0.1) is 35.0 Å². The van der Waals surface area contributed by atoms with Crippen LogP contribution in [-0.2, 0) is 95.2 Å². The SMILES string of the molecule is Cc1c(-c2ccc(N3CCc4cccc(C(=O)Nc5nc6ccccc6s5)c4C3)nc2C(=O)O)cnn1CC12CC3(C)CC(C)(C1)CC(OCCN(CCC(N)=O)C(=O)OCc1ccc(NC(=O)[C@H](C)CC(=O)[C@@H](NC(=O)CN4C[C@@H](N5C(=O)C=CC5=O)C[C@H]4COCCS(=O)(=O)O)C(C)C)cc1CC[C@@H]1O[C@H](C(=O)O)[C@@H](O)[C@H](O)[C@H]1O)(C3)C2. The zero-order valence-electron chi connectivity index (χ0n) is 67.1. The molecule has 7 heterocycles. The van der Waals surface area contributed by atoms with Gasteiger partial charge in [0.25, 0.3) is 27.8 Å². The molecular formula is C83H102N12O22S2. The summed E-state index contributed by atoms with van der Waals surface area (Å²) in [5.41, 5.74) is 10.1. The molecule has 0 radical (unpaired) electrons. The van der Waals surface area contributed by atoms with Crippen molar-refractivity contribution >= 4 is 108 Å². The number of Topliss-reactive ketones (excluding diaryl/α,β-unsaturated/α-hetero) is 1. The van der Waals surface area contributed by atoms with E-state index in [0.29, 0.717) is 71.2 Å². The second-order valence-electron chi connectivity index (χ2n) is 34.2. The van der Waals surface area contributed by atoms with Gasteiger partial charge in [-0.15, -0.1) is 0 Å². The third-order valence-corrected chi connectivity index (χ3v) is 25.9. The van der Waals surface area contributed by atoms with Crippen LogP contribution >= 0.6 is 11.3 Å². The summed E-state index contributed by atoms with van der Waals surface area (Å²) in [4.78, 5) is 149. The molecule has 119 heavy (non-hydrogen) atoms. The number of rotatable bonds is 35. The van der Waals surface area contributed by atoms with E-state index < -0.39 is 142 Å². The number of nitrogens with one attached hydrogen (secondary N) is 3. The van der Waals surface area contributed by atoms with Gasteiger partial charge in [0.1, 0.15) is 30.7 Å². The minimum Gasteiger partial charge on any atom is -0.479 e. The number of ketones is 1. The van der Waals surface area contributed by atoms with E-state index in [1.54, 1.807) is 49.2 Å². The molecule has 3 aromatic carbocycles. The number of carboxylic acids is 2. The Morgan fingerprint density at radius 1 is 0.832 bits per heavy atom. The Balaban J connectivity index is 0.657. The van der Waals surface area contributed by atoms with E-state index in [9.17, 15) is 86.4 Å². The number of carboxylic acid groups (broad SMARTS) is 2. The van der Waals surface area contributed by atoms with Crippen LogP contribution in [-0.4, -0.2) is 245 Å².